The molecule has 3 aromatic carbocycles. The Labute approximate surface area is 193 Å². The summed E-state index contributed by atoms with van der Waals surface area (Å²) >= 11 is 6.34. The zero-order chi connectivity index (χ0) is 22.7. The van der Waals surface area contributed by atoms with Crippen LogP contribution >= 0.6 is 11.6 Å². The standard InChI is InChI=1S/C26H26ClNO4/c1-4-31-23-14-18-15-25(29)28(20-9-11-21(30-3)12-10-20)26(17-7-6-8-19(27)13-17)22(18)16-24(23)32-5-2/h6-14,16,26H,4-5,15H2,1-3H3. The Bertz CT molecular complexity index is 1110. The summed E-state index contributed by atoms with van der Waals surface area (Å²) in [5.41, 5.74) is 3.64. The maximum atomic E-state index is 13.5. The van der Waals surface area contributed by atoms with E-state index >= 15 is 0 Å². The van der Waals surface area contributed by atoms with Gasteiger partial charge in [-0.15, -0.1) is 0 Å². The number of benzene rings is 3. The van der Waals surface area contributed by atoms with E-state index in [2.05, 4.69) is 0 Å². The van der Waals surface area contributed by atoms with Gasteiger partial charge < -0.3 is 19.1 Å². The molecule has 0 bridgehead atoms. The van der Waals surface area contributed by atoms with E-state index in [0.717, 1.165) is 28.1 Å². The van der Waals surface area contributed by atoms with Crippen molar-refractivity contribution < 1.29 is 19.0 Å². The first-order chi connectivity index (χ1) is 15.5. The van der Waals surface area contributed by atoms with Crippen LogP contribution in [-0.2, 0) is 11.2 Å². The van der Waals surface area contributed by atoms with E-state index < -0.39 is 0 Å². The van der Waals surface area contributed by atoms with Gasteiger partial charge in [-0.2, -0.15) is 0 Å². The van der Waals surface area contributed by atoms with Crippen molar-refractivity contribution in [3.05, 3.63) is 82.4 Å². The van der Waals surface area contributed by atoms with Crippen LogP contribution in [0.5, 0.6) is 17.2 Å². The van der Waals surface area contributed by atoms with Crippen LogP contribution in [0.4, 0.5) is 5.69 Å². The van der Waals surface area contributed by atoms with Gasteiger partial charge in [-0.05, 0) is 79.1 Å². The number of fused-ring (bicyclic) bond motifs is 1. The molecule has 1 unspecified atom stereocenters. The molecule has 1 aliphatic heterocycles. The second-order valence-corrected chi connectivity index (χ2v) is 7.90. The normalized spacial score (nSPS) is 15.3. The van der Waals surface area contributed by atoms with E-state index in [1.54, 1.807) is 7.11 Å². The third-order valence-corrected chi connectivity index (χ3v) is 5.72. The van der Waals surface area contributed by atoms with Gasteiger partial charge in [-0.1, -0.05) is 23.7 Å². The van der Waals surface area contributed by atoms with Crippen LogP contribution in [0.25, 0.3) is 0 Å². The van der Waals surface area contributed by atoms with Crippen molar-refractivity contribution in [3.63, 3.8) is 0 Å². The number of rotatable bonds is 7. The van der Waals surface area contributed by atoms with Crippen molar-refractivity contribution >= 4 is 23.2 Å². The summed E-state index contributed by atoms with van der Waals surface area (Å²) in [7, 11) is 1.62. The third kappa shape index (κ3) is 4.26. The highest BCUT2D eigenvalue weighted by Gasteiger charge is 2.36. The van der Waals surface area contributed by atoms with E-state index in [0.29, 0.717) is 29.7 Å². The van der Waals surface area contributed by atoms with E-state index in [-0.39, 0.29) is 18.4 Å². The highest BCUT2D eigenvalue weighted by molar-refractivity contribution is 6.30. The van der Waals surface area contributed by atoms with Gasteiger partial charge in [-0.25, -0.2) is 0 Å². The molecule has 0 aromatic heterocycles. The van der Waals surface area contributed by atoms with Crippen LogP contribution < -0.4 is 19.1 Å². The lowest BCUT2D eigenvalue weighted by molar-refractivity contribution is -0.118. The minimum Gasteiger partial charge on any atom is -0.497 e. The van der Waals surface area contributed by atoms with Crippen molar-refractivity contribution in [1.82, 2.24) is 0 Å². The van der Waals surface area contributed by atoms with Crippen LogP contribution in [0.2, 0.25) is 5.02 Å². The monoisotopic (exact) mass is 451 g/mol. The average molecular weight is 452 g/mol. The van der Waals surface area contributed by atoms with Crippen LogP contribution in [0.3, 0.4) is 0 Å². The van der Waals surface area contributed by atoms with Crippen molar-refractivity contribution in [2.24, 2.45) is 0 Å². The number of hydrogen-bond acceptors (Lipinski definition) is 4. The number of ether oxygens (including phenoxy) is 3. The van der Waals surface area contributed by atoms with Crippen LogP contribution in [-0.4, -0.2) is 26.2 Å². The molecule has 4 rings (SSSR count). The fourth-order valence-electron chi connectivity index (χ4n) is 4.13. The quantitative estimate of drug-likeness (QED) is 0.453. The Kier molecular flexibility index (Phi) is 6.56. The molecule has 1 atom stereocenters. The second kappa shape index (κ2) is 9.53. The second-order valence-electron chi connectivity index (χ2n) is 7.46. The largest absolute Gasteiger partial charge is 0.497 e. The smallest absolute Gasteiger partial charge is 0.232 e. The maximum Gasteiger partial charge on any atom is 0.232 e. The zero-order valence-corrected chi connectivity index (χ0v) is 19.2. The van der Waals surface area contributed by atoms with Crippen LogP contribution in [0.15, 0.2) is 60.7 Å². The lowest BCUT2D eigenvalue weighted by atomic mass is 9.87. The Morgan fingerprint density at radius 3 is 2.28 bits per heavy atom. The molecule has 166 valence electrons. The van der Waals surface area contributed by atoms with Gasteiger partial charge >= 0.3 is 0 Å². The van der Waals surface area contributed by atoms with Crippen LogP contribution in [0.1, 0.15) is 36.6 Å². The summed E-state index contributed by atoms with van der Waals surface area (Å²) in [5.74, 6) is 2.06. The molecule has 5 nitrogen and oxygen atoms in total. The first-order valence-electron chi connectivity index (χ1n) is 10.7. The Morgan fingerprint density at radius 1 is 0.969 bits per heavy atom. The van der Waals surface area contributed by atoms with Gasteiger partial charge in [-0.3, -0.25) is 4.79 Å². The number of carbonyl (C=O) groups is 1. The SMILES string of the molecule is CCOc1cc2c(cc1OCC)C(c1cccc(Cl)c1)N(c1ccc(OC)cc1)C(=O)C2. The van der Waals surface area contributed by atoms with Gasteiger partial charge in [0, 0.05) is 10.7 Å². The summed E-state index contributed by atoms with van der Waals surface area (Å²) in [6, 6.07) is 18.7. The summed E-state index contributed by atoms with van der Waals surface area (Å²) in [6.45, 7) is 4.90. The third-order valence-electron chi connectivity index (χ3n) is 5.48. The molecule has 0 fully saturated rings. The summed E-state index contributed by atoms with van der Waals surface area (Å²) in [5, 5.41) is 0.618. The molecule has 6 heteroatoms. The highest BCUT2D eigenvalue weighted by atomic mass is 35.5. The molecule has 0 saturated carbocycles. The molecule has 3 aromatic rings. The summed E-state index contributed by atoms with van der Waals surface area (Å²) in [6.07, 6.45) is 0.269. The van der Waals surface area contributed by atoms with Gasteiger partial charge in [0.05, 0.1) is 32.8 Å². The van der Waals surface area contributed by atoms with Gasteiger partial charge in [0.25, 0.3) is 0 Å². The summed E-state index contributed by atoms with van der Waals surface area (Å²) in [4.78, 5) is 15.3. The lowest BCUT2D eigenvalue weighted by Crippen LogP contribution is -2.41. The molecule has 0 radical (unpaired) electrons. The molecule has 0 spiro atoms. The number of anilines is 1. The van der Waals surface area contributed by atoms with Crippen molar-refractivity contribution in [2.45, 2.75) is 26.3 Å². The van der Waals surface area contributed by atoms with Gasteiger partial charge in [0.2, 0.25) is 5.91 Å². The highest BCUT2D eigenvalue weighted by Crippen LogP contribution is 2.44. The van der Waals surface area contributed by atoms with Crippen LogP contribution in [0, 0.1) is 0 Å². The molecule has 0 saturated heterocycles. The molecule has 1 aliphatic rings. The Hall–Kier alpha value is -3.18. The van der Waals surface area contributed by atoms with E-state index in [1.807, 2.05) is 79.4 Å². The molecular weight excluding hydrogens is 426 g/mol. The Balaban J connectivity index is 1.91. The molecular formula is C26H26ClNO4. The number of nitrogens with zero attached hydrogens (tertiary/aromatic N) is 1. The minimum atomic E-state index is -0.353. The molecule has 1 amide bonds. The number of halogens is 1. The fourth-order valence-corrected chi connectivity index (χ4v) is 4.33. The zero-order valence-electron chi connectivity index (χ0n) is 18.4. The van der Waals surface area contributed by atoms with Crippen molar-refractivity contribution in [2.75, 3.05) is 25.2 Å². The molecule has 0 aliphatic carbocycles. The minimum absolute atomic E-state index is 0.000694. The maximum absolute atomic E-state index is 13.5. The molecule has 32 heavy (non-hydrogen) atoms. The molecule has 0 N–H and O–H groups in total. The topological polar surface area (TPSA) is 48.0 Å². The lowest BCUT2D eigenvalue weighted by Gasteiger charge is -2.38. The van der Waals surface area contributed by atoms with E-state index in [4.69, 9.17) is 25.8 Å². The predicted octanol–water partition coefficient (Wildman–Crippen LogP) is 5.82. The predicted molar refractivity (Wildman–Crippen MR) is 126 cm³/mol. The average Bonchev–Trinajstić information content (AvgIpc) is 2.79. The van der Waals surface area contributed by atoms with Crippen molar-refractivity contribution in [3.8, 4) is 17.2 Å². The van der Waals surface area contributed by atoms with E-state index in [1.165, 1.54) is 0 Å². The van der Waals surface area contributed by atoms with Gasteiger partial charge in [0.1, 0.15) is 5.75 Å². The molecule has 1 heterocycles. The number of hydrogen-bond donors (Lipinski definition) is 0. The number of methoxy groups -OCH3 is 1. The van der Waals surface area contributed by atoms with Gasteiger partial charge in [0.15, 0.2) is 11.5 Å². The van der Waals surface area contributed by atoms with E-state index in [9.17, 15) is 4.79 Å². The number of amides is 1. The number of carbonyl (C=O) groups excluding carboxylic acids is 1. The fraction of sp³-hybridized carbons (Fsp3) is 0.269. The first kappa shape index (κ1) is 22.0. The Morgan fingerprint density at radius 2 is 1.66 bits per heavy atom. The first-order valence-corrected chi connectivity index (χ1v) is 11.1. The van der Waals surface area contributed by atoms with Crippen molar-refractivity contribution in [1.29, 1.82) is 0 Å². The summed E-state index contributed by atoms with van der Waals surface area (Å²) < 4.78 is 17.0.